The normalized spacial score (nSPS) is 11.9. The molecule has 0 saturated heterocycles. The number of thiophene rings is 1. The van der Waals surface area contributed by atoms with Gasteiger partial charge >= 0.3 is 0 Å². The van der Waals surface area contributed by atoms with Crippen LogP contribution >= 0.6 is 43.2 Å². The van der Waals surface area contributed by atoms with Gasteiger partial charge in [-0.15, -0.1) is 11.3 Å². The predicted molar refractivity (Wildman–Crippen MR) is 77.2 cm³/mol. The van der Waals surface area contributed by atoms with Gasteiger partial charge in [0, 0.05) is 24.9 Å². The lowest BCUT2D eigenvalue weighted by molar-refractivity contribution is 0.581. The standard InChI is InChI=1S/C9H9Br2N3O2S2/c10-8-3-7(9(11)17-8)18(15,16)14-2-1-6-4-12-5-13-6/h3-5,14H,1-2H2,(H,12,13). The van der Waals surface area contributed by atoms with E-state index in [1.54, 1.807) is 18.6 Å². The Labute approximate surface area is 125 Å². The second-order valence-corrected chi connectivity index (χ2v) is 8.90. The second kappa shape index (κ2) is 5.83. The van der Waals surface area contributed by atoms with Gasteiger partial charge in [-0.2, -0.15) is 0 Å². The van der Waals surface area contributed by atoms with Crippen molar-refractivity contribution in [1.29, 1.82) is 0 Å². The maximum Gasteiger partial charge on any atom is 0.242 e. The van der Waals surface area contributed by atoms with Gasteiger partial charge in [-0.3, -0.25) is 0 Å². The molecule has 0 spiro atoms. The largest absolute Gasteiger partial charge is 0.348 e. The zero-order valence-corrected chi connectivity index (χ0v) is 13.8. The molecule has 2 aromatic rings. The van der Waals surface area contributed by atoms with Crippen LogP contribution in [0.1, 0.15) is 5.69 Å². The molecule has 18 heavy (non-hydrogen) atoms. The van der Waals surface area contributed by atoms with Crippen LogP contribution in [0.3, 0.4) is 0 Å². The average Bonchev–Trinajstić information content (AvgIpc) is 2.88. The van der Waals surface area contributed by atoms with Crippen molar-refractivity contribution in [2.45, 2.75) is 11.3 Å². The molecule has 0 aliphatic carbocycles. The number of rotatable bonds is 5. The van der Waals surface area contributed by atoms with E-state index in [9.17, 15) is 8.42 Å². The molecule has 2 rings (SSSR count). The Hall–Kier alpha value is -0.220. The van der Waals surface area contributed by atoms with E-state index in [0.29, 0.717) is 16.8 Å². The third-order valence-electron chi connectivity index (χ3n) is 2.16. The number of H-pyrrole nitrogens is 1. The summed E-state index contributed by atoms with van der Waals surface area (Å²) in [6, 6.07) is 1.58. The van der Waals surface area contributed by atoms with Gasteiger partial charge in [-0.25, -0.2) is 18.1 Å². The first kappa shape index (κ1) is 14.2. The lowest BCUT2D eigenvalue weighted by Crippen LogP contribution is -2.25. The molecular formula is C9H9Br2N3O2S2. The zero-order chi connectivity index (χ0) is 13.2. The minimum absolute atomic E-state index is 0.254. The lowest BCUT2D eigenvalue weighted by Gasteiger charge is -2.04. The minimum atomic E-state index is -3.47. The van der Waals surface area contributed by atoms with Gasteiger partial charge in [-0.1, -0.05) is 0 Å². The molecule has 98 valence electrons. The lowest BCUT2D eigenvalue weighted by atomic mass is 10.3. The van der Waals surface area contributed by atoms with E-state index in [1.165, 1.54) is 11.3 Å². The van der Waals surface area contributed by atoms with Crippen molar-refractivity contribution >= 4 is 53.2 Å². The molecule has 0 aliphatic heterocycles. The molecule has 5 nitrogen and oxygen atoms in total. The van der Waals surface area contributed by atoms with Crippen molar-refractivity contribution in [3.63, 3.8) is 0 Å². The molecule has 0 unspecified atom stereocenters. The highest BCUT2D eigenvalue weighted by Crippen LogP contribution is 2.34. The van der Waals surface area contributed by atoms with Crippen molar-refractivity contribution in [1.82, 2.24) is 14.7 Å². The summed E-state index contributed by atoms with van der Waals surface area (Å²) in [4.78, 5) is 7.04. The average molecular weight is 415 g/mol. The monoisotopic (exact) mass is 413 g/mol. The highest BCUT2D eigenvalue weighted by atomic mass is 79.9. The zero-order valence-electron chi connectivity index (χ0n) is 8.98. The van der Waals surface area contributed by atoms with E-state index in [-0.39, 0.29) is 4.90 Å². The third-order valence-corrected chi connectivity index (χ3v) is 6.37. The number of sulfonamides is 1. The Bertz CT molecular complexity index is 622. The van der Waals surface area contributed by atoms with Crippen molar-refractivity contribution in [2.24, 2.45) is 0 Å². The second-order valence-electron chi connectivity index (χ2n) is 3.41. The Morgan fingerprint density at radius 1 is 1.44 bits per heavy atom. The van der Waals surface area contributed by atoms with Crippen LogP contribution in [0.2, 0.25) is 0 Å². The molecule has 2 heterocycles. The van der Waals surface area contributed by atoms with E-state index < -0.39 is 10.0 Å². The SMILES string of the molecule is O=S(=O)(NCCc1cnc[nH]1)c1cc(Br)sc1Br. The highest BCUT2D eigenvalue weighted by molar-refractivity contribution is 9.12. The fourth-order valence-corrected chi connectivity index (χ4v) is 6.17. The van der Waals surface area contributed by atoms with Crippen LogP contribution in [-0.4, -0.2) is 24.9 Å². The first-order valence-electron chi connectivity index (χ1n) is 4.91. The maximum atomic E-state index is 12.0. The third kappa shape index (κ3) is 3.41. The fourth-order valence-electron chi connectivity index (χ4n) is 1.33. The van der Waals surface area contributed by atoms with E-state index in [4.69, 9.17) is 0 Å². The minimum Gasteiger partial charge on any atom is -0.348 e. The maximum absolute atomic E-state index is 12.0. The number of halogens is 2. The molecule has 0 atom stereocenters. The van der Waals surface area contributed by atoms with Gasteiger partial charge in [0.25, 0.3) is 0 Å². The van der Waals surface area contributed by atoms with Crippen LogP contribution in [0.15, 0.2) is 31.1 Å². The summed E-state index contributed by atoms with van der Waals surface area (Å²) >= 11 is 7.82. The number of nitrogens with zero attached hydrogens (tertiary/aromatic N) is 1. The van der Waals surface area contributed by atoms with Gasteiger partial charge in [0.2, 0.25) is 10.0 Å². The Morgan fingerprint density at radius 2 is 2.22 bits per heavy atom. The Morgan fingerprint density at radius 3 is 2.78 bits per heavy atom. The van der Waals surface area contributed by atoms with Crippen molar-refractivity contribution < 1.29 is 8.42 Å². The molecule has 0 amide bonds. The summed E-state index contributed by atoms with van der Waals surface area (Å²) in [5.41, 5.74) is 0.892. The molecule has 0 saturated carbocycles. The van der Waals surface area contributed by atoms with Gasteiger partial charge < -0.3 is 4.98 Å². The van der Waals surface area contributed by atoms with Crippen molar-refractivity contribution in [2.75, 3.05) is 6.54 Å². The molecule has 0 aromatic carbocycles. The first-order chi connectivity index (χ1) is 8.49. The Balaban J connectivity index is 2.02. The molecule has 2 N–H and O–H groups in total. The number of hydrogen-bond donors (Lipinski definition) is 2. The van der Waals surface area contributed by atoms with Crippen LogP contribution in [0.5, 0.6) is 0 Å². The smallest absolute Gasteiger partial charge is 0.242 e. The number of nitrogens with one attached hydrogen (secondary N) is 2. The van der Waals surface area contributed by atoms with Crippen LogP contribution in [0.4, 0.5) is 0 Å². The molecule has 0 aliphatic rings. The van der Waals surface area contributed by atoms with E-state index >= 15 is 0 Å². The summed E-state index contributed by atoms with van der Waals surface area (Å²) in [5, 5.41) is 0. The quantitative estimate of drug-likeness (QED) is 0.789. The van der Waals surface area contributed by atoms with E-state index in [0.717, 1.165) is 9.48 Å². The van der Waals surface area contributed by atoms with Gasteiger partial charge in [0.15, 0.2) is 0 Å². The molecule has 9 heteroatoms. The van der Waals surface area contributed by atoms with Crippen LogP contribution in [0, 0.1) is 0 Å². The summed E-state index contributed by atoms with van der Waals surface area (Å²) in [6.07, 6.45) is 3.81. The summed E-state index contributed by atoms with van der Waals surface area (Å²) in [5.74, 6) is 0. The fraction of sp³-hybridized carbons (Fsp3) is 0.222. The van der Waals surface area contributed by atoms with E-state index in [2.05, 4.69) is 46.5 Å². The van der Waals surface area contributed by atoms with Gasteiger partial charge in [-0.05, 0) is 37.9 Å². The summed E-state index contributed by atoms with van der Waals surface area (Å²) < 4.78 is 27.9. The summed E-state index contributed by atoms with van der Waals surface area (Å²) in [7, 11) is -3.47. The number of hydrogen-bond acceptors (Lipinski definition) is 4. The predicted octanol–water partition coefficient (Wildman–Crippen LogP) is 2.52. The molecule has 0 radical (unpaired) electrons. The number of imidazole rings is 1. The number of aromatic nitrogens is 2. The molecular weight excluding hydrogens is 406 g/mol. The number of aromatic amines is 1. The van der Waals surface area contributed by atoms with Gasteiger partial charge in [0.05, 0.1) is 13.9 Å². The molecule has 0 fully saturated rings. The Kier molecular flexibility index (Phi) is 4.59. The first-order valence-corrected chi connectivity index (χ1v) is 8.79. The summed E-state index contributed by atoms with van der Waals surface area (Å²) in [6.45, 7) is 0.324. The van der Waals surface area contributed by atoms with Crippen LogP contribution in [0.25, 0.3) is 0 Å². The van der Waals surface area contributed by atoms with E-state index in [1.807, 2.05) is 0 Å². The highest BCUT2D eigenvalue weighted by Gasteiger charge is 2.19. The molecule has 0 bridgehead atoms. The van der Waals surface area contributed by atoms with Crippen LogP contribution < -0.4 is 4.72 Å². The van der Waals surface area contributed by atoms with Gasteiger partial charge in [0.1, 0.15) is 4.90 Å². The van der Waals surface area contributed by atoms with Crippen LogP contribution in [-0.2, 0) is 16.4 Å². The topological polar surface area (TPSA) is 74.8 Å². The molecule has 2 aromatic heterocycles. The van der Waals surface area contributed by atoms with Crippen molar-refractivity contribution in [3.05, 3.63) is 31.9 Å². The van der Waals surface area contributed by atoms with Crippen molar-refractivity contribution in [3.8, 4) is 0 Å².